The highest BCUT2D eigenvalue weighted by atomic mass is 16.4. The number of H-pyrrole nitrogens is 1. The van der Waals surface area contributed by atoms with Crippen LogP contribution in [0.1, 0.15) is 35.9 Å². The van der Waals surface area contributed by atoms with Gasteiger partial charge in [-0.2, -0.15) is 5.10 Å². The zero-order chi connectivity index (χ0) is 15.5. The molecule has 0 saturated carbocycles. The van der Waals surface area contributed by atoms with Gasteiger partial charge in [-0.25, -0.2) is 0 Å². The van der Waals surface area contributed by atoms with Gasteiger partial charge in [0.2, 0.25) is 0 Å². The number of aromatic amines is 1. The van der Waals surface area contributed by atoms with Gasteiger partial charge in [0.1, 0.15) is 5.69 Å². The average molecular weight is 295 g/mol. The van der Waals surface area contributed by atoms with Gasteiger partial charge in [-0.15, -0.1) is 0 Å². The Kier molecular flexibility index (Phi) is 3.78. The number of nitrogens with zero attached hydrogens (tertiary/aromatic N) is 1. The van der Waals surface area contributed by atoms with Crippen LogP contribution < -0.4 is 5.32 Å². The average Bonchev–Trinajstić information content (AvgIpc) is 3.18. The van der Waals surface area contributed by atoms with Crippen molar-refractivity contribution >= 4 is 11.6 Å². The van der Waals surface area contributed by atoms with E-state index in [0.717, 1.165) is 16.9 Å². The monoisotopic (exact) mass is 295 g/mol. The van der Waals surface area contributed by atoms with Crippen LogP contribution in [0.3, 0.4) is 0 Å². The summed E-state index contributed by atoms with van der Waals surface area (Å²) in [6, 6.07) is 13.0. The minimum atomic E-state index is -0.265. The molecule has 0 spiro atoms. The van der Waals surface area contributed by atoms with E-state index < -0.39 is 0 Å². The van der Waals surface area contributed by atoms with Crippen molar-refractivity contribution in [2.45, 2.75) is 19.8 Å². The number of carbonyl (C=O) groups is 1. The van der Waals surface area contributed by atoms with E-state index in [1.54, 1.807) is 24.4 Å². The number of furan rings is 1. The predicted molar refractivity (Wildman–Crippen MR) is 84.8 cm³/mol. The summed E-state index contributed by atoms with van der Waals surface area (Å²) < 4.78 is 5.58. The second-order valence-electron chi connectivity index (χ2n) is 5.33. The Morgan fingerprint density at radius 1 is 1.18 bits per heavy atom. The molecule has 1 aromatic carbocycles. The Morgan fingerprint density at radius 3 is 2.73 bits per heavy atom. The highest BCUT2D eigenvalue weighted by Gasteiger charge is 2.15. The van der Waals surface area contributed by atoms with Crippen molar-refractivity contribution in [2.75, 3.05) is 5.32 Å². The number of carbonyl (C=O) groups excluding carboxylic acids is 1. The molecule has 2 aromatic heterocycles. The fraction of sp³-hybridized carbons (Fsp3) is 0.176. The van der Waals surface area contributed by atoms with Gasteiger partial charge in [0, 0.05) is 11.9 Å². The molecular weight excluding hydrogens is 278 g/mol. The Bertz CT molecular complexity index is 773. The van der Waals surface area contributed by atoms with E-state index in [0.29, 0.717) is 11.7 Å². The summed E-state index contributed by atoms with van der Waals surface area (Å²) in [7, 11) is 0. The summed E-state index contributed by atoms with van der Waals surface area (Å²) in [6.07, 6.45) is 1.64. The number of rotatable bonds is 4. The number of para-hydroxylation sites is 1. The van der Waals surface area contributed by atoms with Crippen LogP contribution in [0.2, 0.25) is 0 Å². The fourth-order valence-electron chi connectivity index (χ4n) is 2.30. The van der Waals surface area contributed by atoms with Gasteiger partial charge in [-0.05, 0) is 35.7 Å². The molecule has 3 rings (SSSR count). The molecule has 0 aliphatic rings. The van der Waals surface area contributed by atoms with Crippen molar-refractivity contribution in [3.63, 3.8) is 0 Å². The zero-order valence-corrected chi connectivity index (χ0v) is 12.5. The first-order valence-electron chi connectivity index (χ1n) is 7.15. The maximum atomic E-state index is 12.3. The molecular formula is C17H17N3O2. The molecule has 0 aliphatic carbocycles. The Labute approximate surface area is 128 Å². The van der Waals surface area contributed by atoms with Gasteiger partial charge in [0.05, 0.1) is 0 Å². The molecule has 112 valence electrons. The Balaban J connectivity index is 1.81. The van der Waals surface area contributed by atoms with Crippen molar-refractivity contribution in [2.24, 2.45) is 0 Å². The summed E-state index contributed by atoms with van der Waals surface area (Å²) in [4.78, 5) is 12.3. The molecule has 22 heavy (non-hydrogen) atoms. The van der Waals surface area contributed by atoms with E-state index in [-0.39, 0.29) is 11.7 Å². The maximum Gasteiger partial charge on any atom is 0.291 e. The van der Waals surface area contributed by atoms with Crippen LogP contribution in [-0.4, -0.2) is 16.1 Å². The summed E-state index contributed by atoms with van der Waals surface area (Å²) in [5.74, 6) is 0.912. The van der Waals surface area contributed by atoms with Crippen molar-refractivity contribution in [3.8, 4) is 11.5 Å². The first-order valence-corrected chi connectivity index (χ1v) is 7.15. The fourth-order valence-corrected chi connectivity index (χ4v) is 2.30. The van der Waals surface area contributed by atoms with E-state index in [1.165, 1.54) is 0 Å². The van der Waals surface area contributed by atoms with Crippen molar-refractivity contribution in [1.82, 2.24) is 10.2 Å². The van der Waals surface area contributed by atoms with E-state index >= 15 is 0 Å². The zero-order valence-electron chi connectivity index (χ0n) is 12.5. The van der Waals surface area contributed by atoms with Gasteiger partial charge in [0.25, 0.3) is 5.91 Å². The lowest BCUT2D eigenvalue weighted by Crippen LogP contribution is -2.12. The number of amides is 1. The SMILES string of the molecule is CC(C)c1ccccc1NC(=O)c1ccc(-c2ccn[nH]2)o1. The van der Waals surface area contributed by atoms with Crippen LogP contribution in [0.15, 0.2) is 53.1 Å². The topological polar surface area (TPSA) is 70.9 Å². The summed E-state index contributed by atoms with van der Waals surface area (Å²) in [6.45, 7) is 4.18. The number of hydrogen-bond acceptors (Lipinski definition) is 3. The number of aromatic nitrogens is 2. The second-order valence-corrected chi connectivity index (χ2v) is 5.33. The minimum Gasteiger partial charge on any atom is -0.449 e. The lowest BCUT2D eigenvalue weighted by Gasteiger charge is -2.12. The standard InChI is InChI=1S/C17H17N3O2/c1-11(2)12-5-3-4-6-13(12)19-17(21)16-8-7-15(22-16)14-9-10-18-20-14/h3-11H,1-2H3,(H,18,20)(H,19,21). The molecule has 5 nitrogen and oxygen atoms in total. The molecule has 5 heteroatoms. The van der Waals surface area contributed by atoms with Crippen molar-refractivity contribution in [3.05, 3.63) is 60.0 Å². The number of anilines is 1. The normalized spacial score (nSPS) is 10.9. The van der Waals surface area contributed by atoms with Crippen LogP contribution in [0.4, 0.5) is 5.69 Å². The molecule has 2 N–H and O–H groups in total. The molecule has 1 amide bonds. The molecule has 0 radical (unpaired) electrons. The molecule has 0 fully saturated rings. The van der Waals surface area contributed by atoms with Gasteiger partial charge in [-0.3, -0.25) is 9.89 Å². The maximum absolute atomic E-state index is 12.3. The van der Waals surface area contributed by atoms with Crippen molar-refractivity contribution < 1.29 is 9.21 Å². The minimum absolute atomic E-state index is 0.265. The first kappa shape index (κ1) is 14.1. The lowest BCUT2D eigenvalue weighted by atomic mass is 10.0. The van der Waals surface area contributed by atoms with Crippen LogP contribution in [0.5, 0.6) is 0 Å². The van der Waals surface area contributed by atoms with Gasteiger partial charge in [-0.1, -0.05) is 32.0 Å². The molecule has 2 heterocycles. The molecule has 0 bridgehead atoms. The van der Waals surface area contributed by atoms with Crippen LogP contribution in [0.25, 0.3) is 11.5 Å². The highest BCUT2D eigenvalue weighted by Crippen LogP contribution is 2.25. The van der Waals surface area contributed by atoms with Gasteiger partial charge >= 0.3 is 0 Å². The number of hydrogen-bond donors (Lipinski definition) is 2. The van der Waals surface area contributed by atoms with Gasteiger partial charge in [0.15, 0.2) is 11.5 Å². The summed E-state index contributed by atoms with van der Waals surface area (Å²) in [5, 5.41) is 9.58. The number of nitrogens with one attached hydrogen (secondary N) is 2. The lowest BCUT2D eigenvalue weighted by molar-refractivity contribution is 0.0997. The van der Waals surface area contributed by atoms with Crippen molar-refractivity contribution in [1.29, 1.82) is 0 Å². The van der Waals surface area contributed by atoms with Gasteiger partial charge < -0.3 is 9.73 Å². The van der Waals surface area contributed by atoms with Crippen LogP contribution in [0, 0.1) is 0 Å². The van der Waals surface area contributed by atoms with Crippen LogP contribution in [-0.2, 0) is 0 Å². The molecule has 0 aliphatic heterocycles. The third kappa shape index (κ3) is 2.79. The number of benzene rings is 1. The first-order chi connectivity index (χ1) is 10.6. The van der Waals surface area contributed by atoms with E-state index in [4.69, 9.17) is 4.42 Å². The van der Waals surface area contributed by atoms with Crippen LogP contribution >= 0.6 is 0 Å². The Hall–Kier alpha value is -2.82. The second kappa shape index (κ2) is 5.89. The van der Waals surface area contributed by atoms with E-state index in [2.05, 4.69) is 29.4 Å². The van der Waals surface area contributed by atoms with E-state index in [9.17, 15) is 4.79 Å². The molecule has 0 saturated heterocycles. The largest absolute Gasteiger partial charge is 0.449 e. The third-order valence-electron chi connectivity index (χ3n) is 3.43. The molecule has 3 aromatic rings. The summed E-state index contributed by atoms with van der Waals surface area (Å²) in [5.41, 5.74) is 2.64. The smallest absolute Gasteiger partial charge is 0.291 e. The third-order valence-corrected chi connectivity index (χ3v) is 3.43. The summed E-state index contributed by atoms with van der Waals surface area (Å²) >= 11 is 0. The Morgan fingerprint density at radius 2 is 2.00 bits per heavy atom. The molecule has 0 unspecified atom stereocenters. The quantitative estimate of drug-likeness (QED) is 0.763. The van der Waals surface area contributed by atoms with E-state index in [1.807, 2.05) is 24.3 Å². The molecule has 0 atom stereocenters. The highest BCUT2D eigenvalue weighted by molar-refractivity contribution is 6.03. The predicted octanol–water partition coefficient (Wildman–Crippen LogP) is 4.05.